The molecule has 0 aromatic rings. The molecule has 0 aliphatic rings. The van der Waals surface area contributed by atoms with Crippen LogP contribution in [-0.4, -0.2) is 25.5 Å². The molecule has 0 aliphatic heterocycles. The quantitative estimate of drug-likeness (QED) is 0.321. The van der Waals surface area contributed by atoms with Crippen LogP contribution in [0.1, 0.15) is 6.92 Å². The van der Waals surface area contributed by atoms with E-state index in [9.17, 15) is 21.6 Å². The molecular formula is C4H8F3IO3S. The highest BCUT2D eigenvalue weighted by atomic mass is 127. The van der Waals surface area contributed by atoms with Gasteiger partial charge in [0.2, 0.25) is 0 Å². The zero-order valence-electron chi connectivity index (χ0n) is 6.35. The minimum Gasteiger partial charge on any atom is -0.267 e. The monoisotopic (exact) mass is 320 g/mol. The molecule has 76 valence electrons. The van der Waals surface area contributed by atoms with Gasteiger partial charge in [0.05, 0.1) is 7.11 Å². The molecule has 0 heterocycles. The van der Waals surface area contributed by atoms with E-state index >= 15 is 0 Å². The maximum absolute atomic E-state index is 11.1. The SMILES string of the molecule is CCI.COS(=O)(=O)C(F)(F)F. The Balaban J connectivity index is 0. The van der Waals surface area contributed by atoms with Crippen LogP contribution in [0.5, 0.6) is 0 Å². The molecule has 0 atom stereocenters. The Morgan fingerprint density at radius 2 is 1.67 bits per heavy atom. The molecule has 0 radical (unpaired) electrons. The molecule has 3 nitrogen and oxygen atoms in total. The molecule has 0 rings (SSSR count). The summed E-state index contributed by atoms with van der Waals surface area (Å²) in [6.07, 6.45) is 0. The third-order valence-electron chi connectivity index (χ3n) is 0.503. The van der Waals surface area contributed by atoms with Crippen molar-refractivity contribution in [1.29, 1.82) is 0 Å². The molecule has 0 bridgehead atoms. The standard InChI is InChI=1S/C2H3F3O3S.C2H5I/c1-8-9(6,7)2(3,4)5;1-2-3/h1H3;2H2,1H3. The van der Waals surface area contributed by atoms with Crippen molar-refractivity contribution in [2.45, 2.75) is 12.4 Å². The maximum atomic E-state index is 11.1. The first-order chi connectivity index (χ1) is 5.22. The van der Waals surface area contributed by atoms with Crippen LogP contribution in [0.2, 0.25) is 0 Å². The van der Waals surface area contributed by atoms with Crippen LogP contribution in [0, 0.1) is 0 Å². The highest BCUT2D eigenvalue weighted by molar-refractivity contribution is 14.1. The van der Waals surface area contributed by atoms with Crippen molar-refractivity contribution in [3.63, 3.8) is 0 Å². The van der Waals surface area contributed by atoms with Crippen LogP contribution < -0.4 is 0 Å². The van der Waals surface area contributed by atoms with Gasteiger partial charge in [-0.15, -0.1) is 0 Å². The second-order valence-corrected chi connectivity index (χ2v) is 4.56. The molecule has 0 saturated heterocycles. The Kier molecular flexibility index (Phi) is 7.43. The largest absolute Gasteiger partial charge is 0.523 e. The summed E-state index contributed by atoms with van der Waals surface area (Å²) in [4.78, 5) is 0. The molecule has 0 unspecified atom stereocenters. The van der Waals surface area contributed by atoms with Crippen LogP contribution >= 0.6 is 22.6 Å². The first-order valence-electron chi connectivity index (χ1n) is 2.65. The number of halogens is 4. The average molecular weight is 320 g/mol. The molecule has 0 N–H and O–H groups in total. The van der Waals surface area contributed by atoms with Crippen LogP contribution in [-0.2, 0) is 14.3 Å². The Hall–Kier alpha value is 0.430. The van der Waals surface area contributed by atoms with Crippen molar-refractivity contribution >= 4 is 32.7 Å². The second-order valence-electron chi connectivity index (χ2n) is 1.33. The van der Waals surface area contributed by atoms with Gasteiger partial charge in [0.1, 0.15) is 0 Å². The molecule has 0 fully saturated rings. The lowest BCUT2D eigenvalue weighted by Gasteiger charge is -2.02. The van der Waals surface area contributed by atoms with Gasteiger partial charge in [0.15, 0.2) is 0 Å². The summed E-state index contributed by atoms with van der Waals surface area (Å²) in [5, 5.41) is 0. The lowest BCUT2D eigenvalue weighted by molar-refractivity contribution is -0.0526. The summed E-state index contributed by atoms with van der Waals surface area (Å²) in [7, 11) is -4.89. The molecule has 0 saturated carbocycles. The van der Waals surface area contributed by atoms with E-state index < -0.39 is 15.6 Å². The van der Waals surface area contributed by atoms with Crippen LogP contribution in [0.25, 0.3) is 0 Å². The van der Waals surface area contributed by atoms with Crippen LogP contribution in [0.4, 0.5) is 13.2 Å². The van der Waals surface area contributed by atoms with E-state index in [0.717, 1.165) is 0 Å². The van der Waals surface area contributed by atoms with Gasteiger partial charge in [0.25, 0.3) is 0 Å². The molecule has 0 aromatic heterocycles. The lowest BCUT2D eigenvalue weighted by Crippen LogP contribution is -2.23. The zero-order valence-corrected chi connectivity index (χ0v) is 9.33. The predicted molar refractivity (Wildman–Crippen MR) is 46.5 cm³/mol. The number of hydrogen-bond donors (Lipinski definition) is 0. The second kappa shape index (κ2) is 5.97. The predicted octanol–water partition coefficient (Wildman–Crippen LogP) is 1.92. The highest BCUT2D eigenvalue weighted by Crippen LogP contribution is 2.23. The molecule has 0 aliphatic carbocycles. The smallest absolute Gasteiger partial charge is 0.267 e. The van der Waals surface area contributed by atoms with Gasteiger partial charge in [-0.1, -0.05) is 29.5 Å². The zero-order chi connectivity index (χ0) is 10.4. The Morgan fingerprint density at radius 3 is 1.67 bits per heavy atom. The molecule has 0 spiro atoms. The van der Waals surface area contributed by atoms with Crippen molar-refractivity contribution in [1.82, 2.24) is 0 Å². The third-order valence-corrected chi connectivity index (χ3v) is 1.51. The summed E-state index contributed by atoms with van der Waals surface area (Å²) in [6.45, 7) is 2.11. The van der Waals surface area contributed by atoms with Crippen LogP contribution in [0.3, 0.4) is 0 Å². The van der Waals surface area contributed by atoms with Gasteiger partial charge in [-0.2, -0.15) is 21.6 Å². The summed E-state index contributed by atoms with van der Waals surface area (Å²) in [6, 6.07) is 0. The fourth-order valence-electron chi connectivity index (χ4n) is 0.0945. The van der Waals surface area contributed by atoms with Gasteiger partial charge in [-0.25, -0.2) is 0 Å². The minimum absolute atomic E-state index is 0.447. The summed E-state index contributed by atoms with van der Waals surface area (Å²) in [5.74, 6) is 0. The van der Waals surface area contributed by atoms with E-state index in [1.165, 1.54) is 4.43 Å². The summed E-state index contributed by atoms with van der Waals surface area (Å²) in [5.41, 5.74) is -5.30. The van der Waals surface area contributed by atoms with Crippen molar-refractivity contribution in [2.75, 3.05) is 11.5 Å². The van der Waals surface area contributed by atoms with Crippen molar-refractivity contribution in [3.8, 4) is 0 Å². The van der Waals surface area contributed by atoms with E-state index in [1.807, 2.05) is 0 Å². The van der Waals surface area contributed by atoms with E-state index in [2.05, 4.69) is 33.7 Å². The van der Waals surface area contributed by atoms with E-state index in [4.69, 9.17) is 0 Å². The van der Waals surface area contributed by atoms with Gasteiger partial charge >= 0.3 is 15.6 Å². The topological polar surface area (TPSA) is 43.4 Å². The van der Waals surface area contributed by atoms with E-state index in [-0.39, 0.29) is 0 Å². The van der Waals surface area contributed by atoms with Gasteiger partial charge in [-0.05, 0) is 4.43 Å². The summed E-state index contributed by atoms with van der Waals surface area (Å²) >= 11 is 2.29. The molecule has 8 heteroatoms. The molecular weight excluding hydrogens is 312 g/mol. The van der Waals surface area contributed by atoms with Crippen molar-refractivity contribution in [2.24, 2.45) is 0 Å². The Labute approximate surface area is 82.5 Å². The van der Waals surface area contributed by atoms with Crippen molar-refractivity contribution in [3.05, 3.63) is 0 Å². The minimum atomic E-state index is -5.34. The van der Waals surface area contributed by atoms with Crippen LogP contribution in [0.15, 0.2) is 0 Å². The van der Waals surface area contributed by atoms with Gasteiger partial charge in [0, 0.05) is 0 Å². The maximum Gasteiger partial charge on any atom is 0.523 e. The van der Waals surface area contributed by atoms with Gasteiger partial charge < -0.3 is 0 Å². The van der Waals surface area contributed by atoms with Gasteiger partial charge in [-0.3, -0.25) is 4.18 Å². The first kappa shape index (κ1) is 14.9. The molecule has 0 aromatic carbocycles. The Morgan fingerprint density at radius 1 is 1.42 bits per heavy atom. The molecule has 12 heavy (non-hydrogen) atoms. The van der Waals surface area contributed by atoms with E-state index in [0.29, 0.717) is 7.11 Å². The number of hydrogen-bond acceptors (Lipinski definition) is 3. The Bertz CT molecular complexity index is 198. The summed E-state index contributed by atoms with van der Waals surface area (Å²) < 4.78 is 57.1. The fraction of sp³-hybridized carbons (Fsp3) is 1.00. The molecule has 0 amide bonds. The van der Waals surface area contributed by atoms with E-state index in [1.54, 1.807) is 0 Å². The third kappa shape index (κ3) is 6.00. The average Bonchev–Trinajstić information content (AvgIpc) is 1.87. The first-order valence-corrected chi connectivity index (χ1v) is 5.59. The lowest BCUT2D eigenvalue weighted by atomic mass is 11.0. The number of rotatable bonds is 1. The van der Waals surface area contributed by atoms with Crippen molar-refractivity contribution < 1.29 is 25.8 Å². The fourth-order valence-corrected chi connectivity index (χ4v) is 0.283. The normalized spacial score (nSPS) is 11.8. The highest BCUT2D eigenvalue weighted by Gasteiger charge is 2.46. The number of alkyl halides is 4.